The summed E-state index contributed by atoms with van der Waals surface area (Å²) in [6.45, 7) is 2.43. The van der Waals surface area contributed by atoms with Crippen molar-refractivity contribution in [3.8, 4) is 0 Å². The highest BCUT2D eigenvalue weighted by Crippen LogP contribution is 2.20. The number of hydrogen-bond acceptors (Lipinski definition) is 2. The first-order chi connectivity index (χ1) is 7.13. The van der Waals surface area contributed by atoms with Gasteiger partial charge in [-0.2, -0.15) is 0 Å². The Morgan fingerprint density at radius 2 is 2.13 bits per heavy atom. The molecular weight excluding hydrogens is 195 g/mol. The second-order valence-corrected chi connectivity index (χ2v) is 3.71. The fourth-order valence-electron chi connectivity index (χ4n) is 1.54. The van der Waals surface area contributed by atoms with E-state index in [1.807, 2.05) is 6.92 Å². The summed E-state index contributed by atoms with van der Waals surface area (Å²) in [5, 5.41) is 9.77. The number of aryl methyl sites for hydroxylation is 1. The van der Waals surface area contributed by atoms with Crippen LogP contribution in [0.2, 0.25) is 0 Å². The Bertz CT molecular complexity index is 292. The molecule has 0 fully saturated rings. The number of methoxy groups -OCH3 is 1. The van der Waals surface area contributed by atoms with Crippen molar-refractivity contribution < 1.29 is 14.2 Å². The van der Waals surface area contributed by atoms with Crippen molar-refractivity contribution in [3.05, 3.63) is 35.1 Å². The summed E-state index contributed by atoms with van der Waals surface area (Å²) in [5.74, 6) is -0.296. The molecule has 0 aliphatic heterocycles. The average Bonchev–Trinajstić information content (AvgIpc) is 2.16. The highest BCUT2D eigenvalue weighted by atomic mass is 19.1. The van der Waals surface area contributed by atoms with Crippen LogP contribution in [0.25, 0.3) is 0 Å². The molecule has 1 aromatic rings. The molecule has 1 rings (SSSR count). The van der Waals surface area contributed by atoms with Crippen LogP contribution in [0.4, 0.5) is 4.39 Å². The second-order valence-electron chi connectivity index (χ2n) is 3.71. The maximum absolute atomic E-state index is 13.0. The van der Waals surface area contributed by atoms with Crippen LogP contribution in [0.3, 0.4) is 0 Å². The van der Waals surface area contributed by atoms with E-state index < -0.39 is 6.10 Å². The number of benzene rings is 1. The van der Waals surface area contributed by atoms with Gasteiger partial charge in [-0.1, -0.05) is 6.07 Å². The molecule has 2 nitrogen and oxygen atoms in total. The van der Waals surface area contributed by atoms with E-state index in [1.165, 1.54) is 12.1 Å². The molecule has 84 valence electrons. The van der Waals surface area contributed by atoms with Gasteiger partial charge in [0.2, 0.25) is 0 Å². The molecule has 0 spiro atoms. The molecule has 0 heterocycles. The van der Waals surface area contributed by atoms with E-state index in [9.17, 15) is 9.50 Å². The summed E-state index contributed by atoms with van der Waals surface area (Å²) >= 11 is 0. The van der Waals surface area contributed by atoms with Crippen LogP contribution in [0, 0.1) is 12.7 Å². The van der Waals surface area contributed by atoms with Crippen LogP contribution in [0.5, 0.6) is 0 Å². The highest BCUT2D eigenvalue weighted by Gasteiger charge is 2.08. The quantitative estimate of drug-likeness (QED) is 0.760. The van der Waals surface area contributed by atoms with Gasteiger partial charge in [-0.3, -0.25) is 0 Å². The molecule has 0 aliphatic rings. The monoisotopic (exact) mass is 212 g/mol. The van der Waals surface area contributed by atoms with Crippen molar-refractivity contribution in [2.24, 2.45) is 0 Å². The van der Waals surface area contributed by atoms with Gasteiger partial charge in [0, 0.05) is 13.7 Å². The van der Waals surface area contributed by atoms with E-state index in [2.05, 4.69) is 0 Å². The van der Waals surface area contributed by atoms with Crippen molar-refractivity contribution in [1.82, 2.24) is 0 Å². The molecule has 0 bridgehead atoms. The molecule has 3 heteroatoms. The third-order valence-electron chi connectivity index (χ3n) is 2.28. The molecule has 1 unspecified atom stereocenters. The number of rotatable bonds is 5. The van der Waals surface area contributed by atoms with E-state index >= 15 is 0 Å². The molecule has 15 heavy (non-hydrogen) atoms. The van der Waals surface area contributed by atoms with Gasteiger partial charge in [-0.15, -0.1) is 0 Å². The van der Waals surface area contributed by atoms with E-state index in [4.69, 9.17) is 4.74 Å². The molecule has 0 aromatic heterocycles. The zero-order valence-electron chi connectivity index (χ0n) is 9.16. The van der Waals surface area contributed by atoms with Crippen LogP contribution in [0.15, 0.2) is 18.2 Å². The molecule has 0 aliphatic carbocycles. The lowest BCUT2D eigenvalue weighted by Crippen LogP contribution is -2.01. The van der Waals surface area contributed by atoms with Crippen LogP contribution < -0.4 is 0 Å². The van der Waals surface area contributed by atoms with Crippen molar-refractivity contribution in [3.63, 3.8) is 0 Å². The first-order valence-corrected chi connectivity index (χ1v) is 5.07. The zero-order chi connectivity index (χ0) is 11.3. The summed E-state index contributed by atoms with van der Waals surface area (Å²) in [7, 11) is 1.62. The lowest BCUT2D eigenvalue weighted by molar-refractivity contribution is 0.136. The third kappa shape index (κ3) is 3.98. The predicted octanol–water partition coefficient (Wildman–Crippen LogP) is 2.59. The van der Waals surface area contributed by atoms with Crippen molar-refractivity contribution in [1.29, 1.82) is 0 Å². The Balaban J connectivity index is 2.60. The van der Waals surface area contributed by atoms with Gasteiger partial charge in [0.05, 0.1) is 6.10 Å². The van der Waals surface area contributed by atoms with E-state index in [1.54, 1.807) is 13.2 Å². The molecule has 0 saturated heterocycles. The smallest absolute Gasteiger partial charge is 0.123 e. The Kier molecular flexibility index (Phi) is 4.72. The number of ether oxygens (including phenoxy) is 1. The number of aliphatic hydroxyl groups is 1. The van der Waals surface area contributed by atoms with Crippen molar-refractivity contribution in [2.45, 2.75) is 25.9 Å². The maximum Gasteiger partial charge on any atom is 0.123 e. The molecule has 1 aromatic carbocycles. The summed E-state index contributed by atoms with van der Waals surface area (Å²) in [6.07, 6.45) is 0.763. The lowest BCUT2D eigenvalue weighted by atomic mass is 10.0. The standard InChI is InChI=1S/C12H17FO2/c1-9-6-10(8-11(13)7-9)12(14)4-3-5-15-2/h6-8,12,14H,3-5H2,1-2H3. The number of halogens is 1. The largest absolute Gasteiger partial charge is 0.388 e. The number of hydrogen-bond donors (Lipinski definition) is 1. The fourth-order valence-corrected chi connectivity index (χ4v) is 1.54. The van der Waals surface area contributed by atoms with Gasteiger partial charge in [-0.05, 0) is 43.0 Å². The molecule has 1 atom stereocenters. The highest BCUT2D eigenvalue weighted by molar-refractivity contribution is 5.25. The Labute approximate surface area is 89.7 Å². The van der Waals surface area contributed by atoms with Gasteiger partial charge in [0.15, 0.2) is 0 Å². The van der Waals surface area contributed by atoms with Crippen LogP contribution in [-0.2, 0) is 4.74 Å². The maximum atomic E-state index is 13.0. The summed E-state index contributed by atoms with van der Waals surface area (Å²) < 4.78 is 17.9. The van der Waals surface area contributed by atoms with Gasteiger partial charge in [0.25, 0.3) is 0 Å². The third-order valence-corrected chi connectivity index (χ3v) is 2.28. The lowest BCUT2D eigenvalue weighted by Gasteiger charge is -2.11. The minimum absolute atomic E-state index is 0.296. The van der Waals surface area contributed by atoms with Gasteiger partial charge in [0.1, 0.15) is 5.82 Å². The number of aliphatic hydroxyl groups excluding tert-OH is 1. The first kappa shape index (κ1) is 12.1. The zero-order valence-corrected chi connectivity index (χ0v) is 9.16. The normalized spacial score (nSPS) is 12.8. The SMILES string of the molecule is COCCCC(O)c1cc(C)cc(F)c1. The second kappa shape index (κ2) is 5.83. The Hall–Kier alpha value is -0.930. The minimum atomic E-state index is -0.602. The Morgan fingerprint density at radius 3 is 2.73 bits per heavy atom. The molecular formula is C12H17FO2. The van der Waals surface area contributed by atoms with Gasteiger partial charge in [-0.25, -0.2) is 4.39 Å². The Morgan fingerprint density at radius 1 is 1.40 bits per heavy atom. The average molecular weight is 212 g/mol. The molecule has 0 amide bonds. The summed E-state index contributed by atoms with van der Waals surface area (Å²) in [6, 6.07) is 4.64. The van der Waals surface area contributed by atoms with Crippen LogP contribution >= 0.6 is 0 Å². The van der Waals surface area contributed by atoms with E-state index in [0.29, 0.717) is 18.6 Å². The minimum Gasteiger partial charge on any atom is -0.388 e. The van der Waals surface area contributed by atoms with Crippen molar-refractivity contribution in [2.75, 3.05) is 13.7 Å². The van der Waals surface area contributed by atoms with Crippen LogP contribution in [0.1, 0.15) is 30.1 Å². The van der Waals surface area contributed by atoms with Crippen LogP contribution in [-0.4, -0.2) is 18.8 Å². The summed E-state index contributed by atoms with van der Waals surface area (Å²) in [5.41, 5.74) is 1.47. The predicted molar refractivity (Wildman–Crippen MR) is 57.2 cm³/mol. The molecule has 0 radical (unpaired) electrons. The van der Waals surface area contributed by atoms with E-state index in [0.717, 1.165) is 12.0 Å². The fraction of sp³-hybridized carbons (Fsp3) is 0.500. The molecule has 0 saturated carbocycles. The first-order valence-electron chi connectivity index (χ1n) is 5.07. The van der Waals surface area contributed by atoms with Gasteiger partial charge >= 0.3 is 0 Å². The van der Waals surface area contributed by atoms with Crippen molar-refractivity contribution >= 4 is 0 Å². The van der Waals surface area contributed by atoms with E-state index in [-0.39, 0.29) is 5.82 Å². The molecule has 1 N–H and O–H groups in total. The topological polar surface area (TPSA) is 29.5 Å². The summed E-state index contributed by atoms with van der Waals surface area (Å²) in [4.78, 5) is 0. The van der Waals surface area contributed by atoms with Gasteiger partial charge < -0.3 is 9.84 Å².